The Kier molecular flexibility index (Phi) is 9.15. The third-order valence-electron chi connectivity index (χ3n) is 6.11. The van der Waals surface area contributed by atoms with Crippen molar-refractivity contribution in [1.82, 2.24) is 0 Å². The van der Waals surface area contributed by atoms with E-state index in [1.807, 2.05) is 0 Å². The average Bonchev–Trinajstić information content (AvgIpc) is 2.79. The van der Waals surface area contributed by atoms with Crippen LogP contribution < -0.4 is 17.2 Å². The highest BCUT2D eigenvalue weighted by molar-refractivity contribution is 4.97. The summed E-state index contributed by atoms with van der Waals surface area (Å²) in [7, 11) is 0. The van der Waals surface area contributed by atoms with Gasteiger partial charge in [-0.25, -0.2) is 0 Å². The molecule has 0 aliphatic carbocycles. The quantitative estimate of drug-likeness (QED) is 0.169. The van der Waals surface area contributed by atoms with E-state index in [9.17, 15) is 30.6 Å². The normalized spacial score (nSPS) is 50.3. The van der Waals surface area contributed by atoms with Gasteiger partial charge < -0.3 is 71.5 Å². The minimum atomic E-state index is -1.51. The number of aliphatic hydroxyl groups excluding tert-OH is 6. The van der Waals surface area contributed by atoms with Crippen molar-refractivity contribution in [3.8, 4) is 0 Å². The second-order valence-electron chi connectivity index (χ2n) is 8.36. The molecule has 0 bridgehead atoms. The fourth-order valence-electron chi connectivity index (χ4n) is 4.10. The molecule has 13 unspecified atom stereocenters. The van der Waals surface area contributed by atoms with Crippen molar-refractivity contribution in [3.63, 3.8) is 0 Å². The van der Waals surface area contributed by atoms with Crippen LogP contribution in [0.5, 0.6) is 0 Å². The van der Waals surface area contributed by atoms with E-state index in [1.165, 1.54) is 0 Å². The summed E-state index contributed by atoms with van der Waals surface area (Å²) in [4.78, 5) is 0. The monoisotopic (exact) mass is 469 g/mol. The van der Waals surface area contributed by atoms with Crippen molar-refractivity contribution in [1.29, 1.82) is 0 Å². The summed E-state index contributed by atoms with van der Waals surface area (Å²) in [6.45, 7) is -1.40. The van der Waals surface area contributed by atoms with Crippen LogP contribution in [0.1, 0.15) is 12.8 Å². The summed E-state index contributed by atoms with van der Waals surface area (Å²) in [5.41, 5.74) is 17.8. The smallest absolute Gasteiger partial charge is 0.176 e. The molecule has 3 fully saturated rings. The zero-order valence-electron chi connectivity index (χ0n) is 17.5. The van der Waals surface area contributed by atoms with E-state index in [-0.39, 0.29) is 6.61 Å². The Balaban J connectivity index is 1.69. The number of ether oxygens (including phenoxy) is 5. The molecule has 0 spiro atoms. The van der Waals surface area contributed by atoms with Crippen LogP contribution >= 0.6 is 0 Å². The maximum Gasteiger partial charge on any atom is 0.176 e. The van der Waals surface area contributed by atoms with Gasteiger partial charge in [0.2, 0.25) is 0 Å². The van der Waals surface area contributed by atoms with E-state index >= 15 is 0 Å². The van der Waals surface area contributed by atoms with Crippen molar-refractivity contribution in [2.75, 3.05) is 19.8 Å². The van der Waals surface area contributed by atoms with Gasteiger partial charge in [0.15, 0.2) is 18.9 Å². The highest BCUT2D eigenvalue weighted by Crippen LogP contribution is 2.30. The van der Waals surface area contributed by atoms with Crippen LogP contribution in [0.4, 0.5) is 0 Å². The van der Waals surface area contributed by atoms with Crippen molar-refractivity contribution >= 4 is 0 Å². The van der Waals surface area contributed by atoms with Gasteiger partial charge in [-0.1, -0.05) is 0 Å². The Morgan fingerprint density at radius 1 is 0.688 bits per heavy atom. The maximum absolute atomic E-state index is 10.8. The lowest BCUT2D eigenvalue weighted by molar-refractivity contribution is -0.341. The van der Waals surface area contributed by atoms with Gasteiger partial charge in [0, 0.05) is 0 Å². The summed E-state index contributed by atoms with van der Waals surface area (Å²) in [5, 5.41) is 59.6. The minimum absolute atomic E-state index is 0.218. The molecule has 32 heavy (non-hydrogen) atoms. The lowest BCUT2D eigenvalue weighted by Gasteiger charge is -2.47. The topological polar surface area (TPSA) is 246 Å². The first-order valence-corrected chi connectivity index (χ1v) is 10.6. The minimum Gasteiger partial charge on any atom is -0.394 e. The lowest BCUT2D eigenvalue weighted by Crippen LogP contribution is -2.68. The first kappa shape index (κ1) is 26.1. The molecule has 0 aromatic carbocycles. The van der Waals surface area contributed by atoms with Gasteiger partial charge in [-0.3, -0.25) is 0 Å². The van der Waals surface area contributed by atoms with Crippen molar-refractivity contribution in [3.05, 3.63) is 0 Å². The molecule has 0 aromatic heterocycles. The second-order valence-corrected chi connectivity index (χ2v) is 8.36. The Labute approximate surface area is 184 Å². The predicted molar refractivity (Wildman–Crippen MR) is 104 cm³/mol. The molecule has 14 nitrogen and oxygen atoms in total. The van der Waals surface area contributed by atoms with Crippen molar-refractivity contribution in [2.24, 2.45) is 17.2 Å². The highest BCUT2D eigenvalue weighted by Gasteiger charge is 2.50. The molecule has 12 N–H and O–H groups in total. The zero-order valence-corrected chi connectivity index (χ0v) is 17.5. The number of hydrogen-bond acceptors (Lipinski definition) is 14. The predicted octanol–water partition coefficient (Wildman–Crippen LogP) is -5.62. The Hall–Kier alpha value is -0.560. The van der Waals surface area contributed by atoms with E-state index < -0.39 is 92.9 Å². The summed E-state index contributed by atoms with van der Waals surface area (Å²) < 4.78 is 27.9. The summed E-state index contributed by atoms with van der Waals surface area (Å²) in [5.74, 6) is 0. The summed E-state index contributed by atoms with van der Waals surface area (Å²) in [6.07, 6.45) is -10.7. The number of nitrogens with two attached hydrogens (primary N) is 3. The van der Waals surface area contributed by atoms with E-state index in [0.717, 1.165) is 0 Å². The van der Waals surface area contributed by atoms with Gasteiger partial charge in [-0.15, -0.1) is 0 Å². The van der Waals surface area contributed by atoms with Crippen LogP contribution in [0, 0.1) is 0 Å². The maximum atomic E-state index is 10.8. The Morgan fingerprint density at radius 2 is 1.25 bits per heavy atom. The Morgan fingerprint density at radius 3 is 1.84 bits per heavy atom. The van der Waals surface area contributed by atoms with Gasteiger partial charge in [0.25, 0.3) is 0 Å². The molecule has 188 valence electrons. The molecule has 3 aliphatic rings. The summed E-state index contributed by atoms with van der Waals surface area (Å²) >= 11 is 0. The zero-order chi connectivity index (χ0) is 23.6. The van der Waals surface area contributed by atoms with Crippen molar-refractivity contribution in [2.45, 2.75) is 92.6 Å². The first-order chi connectivity index (χ1) is 15.2. The molecule has 0 saturated carbocycles. The third-order valence-corrected chi connectivity index (χ3v) is 6.11. The fraction of sp³-hybridized carbons (Fsp3) is 1.00. The molecule has 13 atom stereocenters. The van der Waals surface area contributed by atoms with E-state index in [2.05, 4.69) is 0 Å². The third kappa shape index (κ3) is 5.39. The van der Waals surface area contributed by atoms with Gasteiger partial charge >= 0.3 is 0 Å². The standard InChI is InChI=1S/C18H35N3O11/c19-7-2-1-6(3-22)28-17(7)31-15-9(5-24)30-18(11(21)13(15)26)32-14-8(4-23)29-16(27)10(20)12(14)25/h6-18,22-27H,1-5,19-21H2. The van der Waals surface area contributed by atoms with Gasteiger partial charge in [0.05, 0.1) is 44.1 Å². The summed E-state index contributed by atoms with van der Waals surface area (Å²) in [6, 6.07) is -2.95. The fourth-order valence-corrected chi connectivity index (χ4v) is 4.10. The van der Waals surface area contributed by atoms with E-state index in [4.69, 9.17) is 40.9 Å². The average molecular weight is 469 g/mol. The van der Waals surface area contributed by atoms with Gasteiger partial charge in [0.1, 0.15) is 36.6 Å². The number of hydrogen-bond donors (Lipinski definition) is 9. The van der Waals surface area contributed by atoms with Crippen LogP contribution in [0.3, 0.4) is 0 Å². The van der Waals surface area contributed by atoms with Crippen LogP contribution in [-0.4, -0.2) is 130 Å². The number of aliphatic hydroxyl groups is 6. The molecule has 14 heteroatoms. The molecular formula is C18H35N3O11. The highest BCUT2D eigenvalue weighted by atomic mass is 16.7. The molecule has 0 amide bonds. The van der Waals surface area contributed by atoms with Crippen LogP contribution in [-0.2, 0) is 23.7 Å². The van der Waals surface area contributed by atoms with E-state index in [1.54, 1.807) is 0 Å². The lowest BCUT2D eigenvalue weighted by atomic mass is 9.95. The molecule has 3 rings (SSSR count). The van der Waals surface area contributed by atoms with Gasteiger partial charge in [-0.2, -0.15) is 0 Å². The SMILES string of the molecule is NC1CCC(CO)OC1OC1C(CO)OC(OC2C(CO)OC(O)C(N)C2O)C(N)C1O. The van der Waals surface area contributed by atoms with Crippen LogP contribution in [0.25, 0.3) is 0 Å². The second kappa shape index (κ2) is 11.2. The molecule has 0 aromatic rings. The Bertz CT molecular complexity index is 588. The molecular weight excluding hydrogens is 434 g/mol. The van der Waals surface area contributed by atoms with Crippen LogP contribution in [0.15, 0.2) is 0 Å². The molecule has 0 radical (unpaired) electrons. The molecule has 3 saturated heterocycles. The van der Waals surface area contributed by atoms with Crippen LogP contribution in [0.2, 0.25) is 0 Å². The molecule has 3 heterocycles. The first-order valence-electron chi connectivity index (χ1n) is 10.6. The largest absolute Gasteiger partial charge is 0.394 e. The van der Waals surface area contributed by atoms with E-state index in [0.29, 0.717) is 12.8 Å². The van der Waals surface area contributed by atoms with Crippen molar-refractivity contribution < 1.29 is 54.3 Å². The molecule has 3 aliphatic heterocycles. The van der Waals surface area contributed by atoms with Gasteiger partial charge in [-0.05, 0) is 12.8 Å². The number of rotatable bonds is 7.